The molecular formula is C23H21N5O5. The molecule has 33 heavy (non-hydrogen) atoms. The van der Waals surface area contributed by atoms with Gasteiger partial charge in [0.15, 0.2) is 0 Å². The van der Waals surface area contributed by atoms with Gasteiger partial charge in [-0.2, -0.15) is 10.2 Å². The number of carbonyl (C=O) groups excluding carboxylic acids is 1. The van der Waals surface area contributed by atoms with Gasteiger partial charge in [-0.15, -0.1) is 0 Å². The molecule has 0 unspecified atom stereocenters. The number of nitrogens with zero attached hydrogens (tertiary/aromatic N) is 2. The maximum atomic E-state index is 13.2. The molecule has 2 aromatic carbocycles. The molecule has 1 aliphatic heterocycles. The van der Waals surface area contributed by atoms with Crippen molar-refractivity contribution in [3.05, 3.63) is 63.9 Å². The van der Waals surface area contributed by atoms with Crippen LogP contribution in [0.25, 0.3) is 0 Å². The Morgan fingerprint density at radius 3 is 2.33 bits per heavy atom. The molecule has 168 valence electrons. The molecule has 0 fully saturated rings. The van der Waals surface area contributed by atoms with Gasteiger partial charge in [0.05, 0.1) is 33.0 Å². The predicted molar refractivity (Wildman–Crippen MR) is 120 cm³/mol. The minimum absolute atomic E-state index is 0.0705. The van der Waals surface area contributed by atoms with Gasteiger partial charge in [0.1, 0.15) is 29.0 Å². The van der Waals surface area contributed by atoms with Crippen LogP contribution in [-0.2, 0) is 4.79 Å². The molecule has 1 aromatic heterocycles. The quantitative estimate of drug-likeness (QED) is 0.524. The van der Waals surface area contributed by atoms with Gasteiger partial charge in [-0.05, 0) is 42.5 Å². The van der Waals surface area contributed by atoms with E-state index in [-0.39, 0.29) is 17.3 Å². The number of carbonyl (C=O) groups is 1. The van der Waals surface area contributed by atoms with Gasteiger partial charge >= 0.3 is 0 Å². The number of nitriles is 1. The zero-order valence-corrected chi connectivity index (χ0v) is 18.1. The summed E-state index contributed by atoms with van der Waals surface area (Å²) in [4.78, 5) is 33.1. The summed E-state index contributed by atoms with van der Waals surface area (Å²) in [5.41, 5.74) is 0.795. The number of nitrogens with one attached hydrogen (secondary N) is 3. The molecule has 0 aliphatic carbocycles. The SMILES string of the molecule is COc1ccc(Nc2nc3c(c(=O)[nH]2)[C@H](c2cc(OC)ccc2OC)[C@@H](C#N)C(=O)N3)cc1. The Bertz CT molecular complexity index is 1300. The maximum Gasteiger partial charge on any atom is 0.258 e. The number of rotatable bonds is 6. The van der Waals surface area contributed by atoms with Gasteiger partial charge < -0.3 is 24.8 Å². The number of fused-ring (bicyclic) bond motifs is 1. The van der Waals surface area contributed by atoms with Crippen LogP contribution in [0.4, 0.5) is 17.5 Å². The minimum Gasteiger partial charge on any atom is -0.497 e. The van der Waals surface area contributed by atoms with Crippen LogP contribution in [0.1, 0.15) is 17.0 Å². The molecule has 0 saturated carbocycles. The van der Waals surface area contributed by atoms with Gasteiger partial charge in [0, 0.05) is 17.2 Å². The largest absolute Gasteiger partial charge is 0.497 e. The lowest BCUT2D eigenvalue weighted by molar-refractivity contribution is -0.119. The fourth-order valence-corrected chi connectivity index (χ4v) is 3.80. The van der Waals surface area contributed by atoms with Crippen LogP contribution in [0.5, 0.6) is 17.2 Å². The summed E-state index contributed by atoms with van der Waals surface area (Å²) in [6.07, 6.45) is 0. The lowest BCUT2D eigenvalue weighted by atomic mass is 9.78. The Kier molecular flexibility index (Phi) is 5.87. The zero-order valence-electron chi connectivity index (χ0n) is 18.1. The van der Waals surface area contributed by atoms with Gasteiger partial charge in [-0.25, -0.2) is 0 Å². The molecule has 0 spiro atoms. The second-order valence-corrected chi connectivity index (χ2v) is 7.21. The van der Waals surface area contributed by atoms with Crippen LogP contribution in [0.2, 0.25) is 0 Å². The van der Waals surface area contributed by atoms with E-state index in [2.05, 4.69) is 20.6 Å². The van der Waals surface area contributed by atoms with Crippen LogP contribution in [0.3, 0.4) is 0 Å². The Hall–Kier alpha value is -4.52. The Labute approximate surface area is 189 Å². The van der Waals surface area contributed by atoms with Crippen molar-refractivity contribution in [2.24, 2.45) is 5.92 Å². The average Bonchev–Trinajstić information content (AvgIpc) is 2.83. The molecule has 10 heteroatoms. The first kappa shape index (κ1) is 21.7. The van der Waals surface area contributed by atoms with Crippen molar-refractivity contribution in [3.8, 4) is 23.3 Å². The minimum atomic E-state index is -1.16. The normalized spacial score (nSPS) is 16.7. The lowest BCUT2D eigenvalue weighted by Gasteiger charge is -2.29. The first-order valence-electron chi connectivity index (χ1n) is 9.96. The third-order valence-electron chi connectivity index (χ3n) is 5.39. The van der Waals surface area contributed by atoms with E-state index >= 15 is 0 Å². The molecule has 0 saturated heterocycles. The number of aromatic nitrogens is 2. The van der Waals surface area contributed by atoms with E-state index in [9.17, 15) is 14.9 Å². The molecule has 4 rings (SSSR count). The summed E-state index contributed by atoms with van der Waals surface area (Å²) in [7, 11) is 4.54. The highest BCUT2D eigenvalue weighted by molar-refractivity contribution is 5.98. The fraction of sp³-hybridized carbons (Fsp3) is 0.217. The number of hydrogen-bond acceptors (Lipinski definition) is 8. The highest BCUT2D eigenvalue weighted by atomic mass is 16.5. The monoisotopic (exact) mass is 447 g/mol. The van der Waals surface area contributed by atoms with Crippen molar-refractivity contribution >= 4 is 23.4 Å². The molecule has 10 nitrogen and oxygen atoms in total. The second kappa shape index (κ2) is 8.92. The highest BCUT2D eigenvalue weighted by Gasteiger charge is 2.41. The second-order valence-electron chi connectivity index (χ2n) is 7.21. The van der Waals surface area contributed by atoms with Crippen LogP contribution in [-0.4, -0.2) is 37.2 Å². The molecule has 0 bridgehead atoms. The topological polar surface area (TPSA) is 138 Å². The van der Waals surface area contributed by atoms with Gasteiger partial charge in [0.25, 0.3) is 5.56 Å². The maximum absolute atomic E-state index is 13.2. The Balaban J connectivity index is 1.82. The van der Waals surface area contributed by atoms with E-state index in [0.29, 0.717) is 28.5 Å². The first-order chi connectivity index (χ1) is 16.0. The number of benzene rings is 2. The number of methoxy groups -OCH3 is 3. The molecule has 0 radical (unpaired) electrons. The fourth-order valence-electron chi connectivity index (χ4n) is 3.80. The summed E-state index contributed by atoms with van der Waals surface area (Å²) < 4.78 is 15.9. The summed E-state index contributed by atoms with van der Waals surface area (Å²) >= 11 is 0. The number of ether oxygens (including phenoxy) is 3. The molecule has 1 amide bonds. The zero-order chi connectivity index (χ0) is 23.5. The van der Waals surface area contributed by atoms with Crippen molar-refractivity contribution in [2.75, 3.05) is 32.0 Å². The number of hydrogen-bond donors (Lipinski definition) is 3. The Morgan fingerprint density at radius 1 is 1.00 bits per heavy atom. The van der Waals surface area contributed by atoms with Crippen LogP contribution in [0.15, 0.2) is 47.3 Å². The van der Waals surface area contributed by atoms with Crippen molar-refractivity contribution in [3.63, 3.8) is 0 Å². The third-order valence-corrected chi connectivity index (χ3v) is 5.39. The molecule has 1 aliphatic rings. The van der Waals surface area contributed by atoms with Crippen molar-refractivity contribution in [2.45, 2.75) is 5.92 Å². The number of amides is 1. The molecule has 2 heterocycles. The third kappa shape index (κ3) is 4.04. The van der Waals surface area contributed by atoms with E-state index in [4.69, 9.17) is 14.2 Å². The first-order valence-corrected chi connectivity index (χ1v) is 9.96. The smallest absolute Gasteiger partial charge is 0.258 e. The Morgan fingerprint density at radius 2 is 1.70 bits per heavy atom. The van der Waals surface area contributed by atoms with Crippen LogP contribution < -0.4 is 30.4 Å². The summed E-state index contributed by atoms with van der Waals surface area (Å²) in [5.74, 6) is -0.835. The van der Waals surface area contributed by atoms with Crippen LogP contribution in [0, 0.1) is 17.2 Å². The van der Waals surface area contributed by atoms with E-state index in [0.717, 1.165) is 0 Å². The van der Waals surface area contributed by atoms with Crippen molar-refractivity contribution < 1.29 is 19.0 Å². The number of aromatic amines is 1. The number of anilines is 3. The predicted octanol–water partition coefficient (Wildman–Crippen LogP) is 2.76. The molecule has 3 N–H and O–H groups in total. The van der Waals surface area contributed by atoms with E-state index in [1.807, 2.05) is 6.07 Å². The molecular weight excluding hydrogens is 426 g/mol. The van der Waals surface area contributed by atoms with Crippen LogP contribution >= 0.6 is 0 Å². The van der Waals surface area contributed by atoms with Crippen molar-refractivity contribution in [1.29, 1.82) is 5.26 Å². The van der Waals surface area contributed by atoms with E-state index in [1.54, 1.807) is 49.6 Å². The average molecular weight is 447 g/mol. The van der Waals surface area contributed by atoms with Gasteiger partial charge in [-0.1, -0.05) is 0 Å². The van der Waals surface area contributed by atoms with E-state index < -0.39 is 23.3 Å². The summed E-state index contributed by atoms with van der Waals surface area (Å²) in [6.45, 7) is 0. The summed E-state index contributed by atoms with van der Waals surface area (Å²) in [5, 5.41) is 15.3. The summed E-state index contributed by atoms with van der Waals surface area (Å²) in [6, 6.07) is 14.0. The standard InChI is InChI=1S/C23H21N5O5/c1-31-13-6-4-12(5-7-13)25-23-27-20-19(22(30)28-23)18(16(11-24)21(29)26-20)15-10-14(32-2)8-9-17(15)33-3/h4-10,16,18H,1-3H3,(H3,25,26,27,28,29,30)/t16-,18-/m1/s1. The van der Waals surface area contributed by atoms with Gasteiger partial charge in [0.2, 0.25) is 11.9 Å². The highest BCUT2D eigenvalue weighted by Crippen LogP contribution is 2.43. The van der Waals surface area contributed by atoms with Crippen molar-refractivity contribution in [1.82, 2.24) is 9.97 Å². The lowest BCUT2D eigenvalue weighted by Crippen LogP contribution is -2.38. The van der Waals surface area contributed by atoms with E-state index in [1.165, 1.54) is 14.2 Å². The molecule has 3 aromatic rings. The molecule has 2 atom stereocenters. The van der Waals surface area contributed by atoms with Gasteiger partial charge in [-0.3, -0.25) is 14.6 Å². The number of H-pyrrole nitrogens is 1.